The summed E-state index contributed by atoms with van der Waals surface area (Å²) >= 11 is 1.75. The zero-order valence-electron chi connectivity index (χ0n) is 21.1. The van der Waals surface area contributed by atoms with Gasteiger partial charge in [0.1, 0.15) is 0 Å². The van der Waals surface area contributed by atoms with Gasteiger partial charge >= 0.3 is 0 Å². The molecule has 1 saturated carbocycles. The molecule has 0 saturated heterocycles. The van der Waals surface area contributed by atoms with Gasteiger partial charge in [-0.05, 0) is 89.6 Å². The quantitative estimate of drug-likeness (QED) is 0.195. The molecule has 1 heterocycles. The molecule has 0 amide bonds. The Balaban J connectivity index is 0.00000167. The first-order valence-corrected chi connectivity index (χ1v) is 13.1. The van der Waals surface area contributed by atoms with E-state index in [4.69, 9.17) is 11.1 Å². The Morgan fingerprint density at radius 2 is 1.71 bits per heavy atom. The number of rotatable bonds is 7. The maximum Gasteiger partial charge on any atom is 0.214 e. The lowest BCUT2D eigenvalue weighted by molar-refractivity contribution is 0.401. The second-order valence-electron chi connectivity index (χ2n) is 8.72. The average molecular weight is 487 g/mol. The second-order valence-corrected chi connectivity index (χ2v) is 9.84. The lowest BCUT2D eigenvalue weighted by Gasteiger charge is -2.31. The van der Waals surface area contributed by atoms with Crippen LogP contribution in [0.5, 0.6) is 0 Å². The molecule has 1 aliphatic carbocycles. The van der Waals surface area contributed by atoms with E-state index in [1.807, 2.05) is 32.9 Å². The molecule has 3 N–H and O–H groups in total. The predicted molar refractivity (Wildman–Crippen MR) is 153 cm³/mol. The summed E-state index contributed by atoms with van der Waals surface area (Å²) in [5.74, 6) is -0.548. The van der Waals surface area contributed by atoms with Gasteiger partial charge in [0.05, 0.1) is 5.56 Å². The molecule has 0 bridgehead atoms. The molecule has 1 aromatic heterocycles. The van der Waals surface area contributed by atoms with Crippen molar-refractivity contribution in [2.24, 2.45) is 5.92 Å². The number of nitrogens with one attached hydrogen (secondary N) is 1. The number of benzene rings is 2. The van der Waals surface area contributed by atoms with Crippen molar-refractivity contribution in [2.45, 2.75) is 47.0 Å². The number of hydrogen-bond acceptors (Lipinski definition) is 3. The second kappa shape index (κ2) is 11.9. The lowest BCUT2D eigenvalue weighted by Crippen LogP contribution is -2.15. The van der Waals surface area contributed by atoms with Gasteiger partial charge in [0.15, 0.2) is 0 Å². The number of thiophene rings is 1. The van der Waals surface area contributed by atoms with Crippen LogP contribution in [0.2, 0.25) is 0 Å². The Kier molecular flexibility index (Phi) is 9.00. The van der Waals surface area contributed by atoms with Gasteiger partial charge in [-0.25, -0.2) is 0 Å². The van der Waals surface area contributed by atoms with Crippen molar-refractivity contribution in [1.82, 2.24) is 0 Å². The number of halogens is 1. The Morgan fingerprint density at radius 3 is 2.23 bits per heavy atom. The molecule has 35 heavy (non-hydrogen) atoms. The Hall–Kier alpha value is -3.24. The summed E-state index contributed by atoms with van der Waals surface area (Å²) in [7, 11) is 0. The van der Waals surface area contributed by atoms with E-state index in [1.54, 1.807) is 23.5 Å². The van der Waals surface area contributed by atoms with Gasteiger partial charge in [0, 0.05) is 10.6 Å². The standard InChI is InChI=1S/C29H29FN2S.C2H6/c1-18(2)7-8-20-9-11-22(12-10-20)27(23-13-14-26(31)25(17-23)29(30)32)28(21-5-4-6-21)24-15-16-33-19(24)3;1-2/h7-17,21,32H,1,4-6,31H2,2-3H3;1-2H3/b8-7+,28-27+,32-29?;. The van der Waals surface area contributed by atoms with Gasteiger partial charge in [0.2, 0.25) is 5.97 Å². The number of hydrogen-bond donors (Lipinski definition) is 2. The highest BCUT2D eigenvalue weighted by molar-refractivity contribution is 7.10. The smallest absolute Gasteiger partial charge is 0.214 e. The monoisotopic (exact) mass is 486 g/mol. The molecule has 4 rings (SSSR count). The first kappa shape index (κ1) is 26.4. The molecule has 182 valence electrons. The van der Waals surface area contributed by atoms with E-state index in [1.165, 1.54) is 22.4 Å². The zero-order valence-corrected chi connectivity index (χ0v) is 21.9. The van der Waals surface area contributed by atoms with Gasteiger partial charge in [-0.2, -0.15) is 4.39 Å². The van der Waals surface area contributed by atoms with Gasteiger partial charge in [-0.15, -0.1) is 11.3 Å². The molecule has 1 fully saturated rings. The predicted octanol–water partition coefficient (Wildman–Crippen LogP) is 9.31. The third kappa shape index (κ3) is 6.07. The first-order chi connectivity index (χ1) is 16.8. The van der Waals surface area contributed by atoms with Crippen LogP contribution in [0.15, 0.2) is 72.1 Å². The van der Waals surface area contributed by atoms with E-state index in [0.717, 1.165) is 40.7 Å². The molecule has 1 aliphatic rings. The van der Waals surface area contributed by atoms with Crippen molar-refractivity contribution >= 4 is 40.2 Å². The van der Waals surface area contributed by atoms with Crippen LogP contribution in [-0.4, -0.2) is 5.97 Å². The van der Waals surface area contributed by atoms with Gasteiger partial charge in [-0.3, -0.25) is 5.41 Å². The molecule has 3 aromatic rings. The molecule has 2 aromatic carbocycles. The third-order valence-corrected chi connectivity index (χ3v) is 7.12. The van der Waals surface area contributed by atoms with Crippen molar-refractivity contribution in [3.05, 3.63) is 105 Å². The highest BCUT2D eigenvalue weighted by Crippen LogP contribution is 2.46. The fourth-order valence-corrected chi connectivity index (χ4v) is 5.01. The summed E-state index contributed by atoms with van der Waals surface area (Å²) in [6.45, 7) is 12.1. The van der Waals surface area contributed by atoms with Crippen LogP contribution in [0.4, 0.5) is 10.1 Å². The summed E-state index contributed by atoms with van der Waals surface area (Å²) in [5.41, 5.74) is 14.1. The maximum absolute atomic E-state index is 14.0. The van der Waals surface area contributed by atoms with Gasteiger partial charge in [0.25, 0.3) is 0 Å². The molecule has 0 radical (unpaired) electrons. The van der Waals surface area contributed by atoms with Crippen LogP contribution in [-0.2, 0) is 0 Å². The van der Waals surface area contributed by atoms with Crippen LogP contribution in [0.25, 0.3) is 17.2 Å². The molecule has 0 aliphatic heterocycles. The van der Waals surface area contributed by atoms with Crippen LogP contribution in [0.3, 0.4) is 0 Å². The normalized spacial score (nSPS) is 14.1. The highest BCUT2D eigenvalue weighted by atomic mass is 32.1. The zero-order chi connectivity index (χ0) is 25.5. The minimum atomic E-state index is -1.01. The molecule has 4 heteroatoms. The van der Waals surface area contributed by atoms with Crippen molar-refractivity contribution < 1.29 is 4.39 Å². The largest absolute Gasteiger partial charge is 0.398 e. The first-order valence-electron chi connectivity index (χ1n) is 12.2. The number of aryl methyl sites for hydroxylation is 1. The van der Waals surface area contributed by atoms with Crippen molar-refractivity contribution in [3.8, 4) is 0 Å². The lowest BCUT2D eigenvalue weighted by atomic mass is 9.73. The average Bonchev–Trinajstić information content (AvgIpc) is 3.24. The molecular formula is C31H35FN2S. The Morgan fingerprint density at radius 1 is 1.06 bits per heavy atom. The minimum Gasteiger partial charge on any atom is -0.398 e. The van der Waals surface area contributed by atoms with Crippen LogP contribution in [0, 0.1) is 18.3 Å². The van der Waals surface area contributed by atoms with Crippen molar-refractivity contribution in [2.75, 3.05) is 5.73 Å². The van der Waals surface area contributed by atoms with E-state index in [-0.39, 0.29) is 11.3 Å². The van der Waals surface area contributed by atoms with Gasteiger partial charge in [-0.1, -0.05) is 74.9 Å². The van der Waals surface area contributed by atoms with E-state index < -0.39 is 5.97 Å². The molecular weight excluding hydrogens is 451 g/mol. The SMILES string of the molecule is C=C(C)/C=C/c1ccc(/C(=C(\c2ccsc2C)C2CCC2)c2ccc(N)c(C(=N)F)c2)cc1.CC. The van der Waals surface area contributed by atoms with Gasteiger partial charge < -0.3 is 5.73 Å². The van der Waals surface area contributed by atoms with E-state index in [2.05, 4.69) is 55.3 Å². The maximum atomic E-state index is 14.0. The summed E-state index contributed by atoms with van der Waals surface area (Å²) in [6.07, 6.45) is 7.57. The summed E-state index contributed by atoms with van der Waals surface area (Å²) in [4.78, 5) is 1.28. The third-order valence-electron chi connectivity index (χ3n) is 6.27. The molecule has 2 nitrogen and oxygen atoms in total. The molecule has 0 spiro atoms. The van der Waals surface area contributed by atoms with Crippen LogP contribution in [0.1, 0.15) is 72.7 Å². The summed E-state index contributed by atoms with van der Waals surface area (Å²) in [6, 6.07) is 16.0. The topological polar surface area (TPSA) is 49.9 Å². The molecule has 0 atom stereocenters. The number of anilines is 1. The fraction of sp³-hybridized carbons (Fsp3) is 0.258. The summed E-state index contributed by atoms with van der Waals surface area (Å²) in [5, 5.41) is 9.70. The number of nitrogen functional groups attached to an aromatic ring is 1. The van der Waals surface area contributed by atoms with Crippen molar-refractivity contribution in [3.63, 3.8) is 0 Å². The fourth-order valence-electron chi connectivity index (χ4n) is 4.30. The van der Waals surface area contributed by atoms with E-state index in [9.17, 15) is 4.39 Å². The Labute approximate surface area is 213 Å². The Bertz CT molecular complexity index is 1260. The number of nitrogens with two attached hydrogens (primary N) is 1. The van der Waals surface area contributed by atoms with E-state index >= 15 is 0 Å². The highest BCUT2D eigenvalue weighted by Gasteiger charge is 2.28. The van der Waals surface area contributed by atoms with Crippen LogP contribution >= 0.6 is 11.3 Å². The summed E-state index contributed by atoms with van der Waals surface area (Å²) < 4.78 is 14.0. The van der Waals surface area contributed by atoms with Crippen molar-refractivity contribution in [1.29, 1.82) is 5.41 Å². The molecule has 0 unspecified atom stereocenters. The van der Waals surface area contributed by atoms with Crippen LogP contribution < -0.4 is 5.73 Å². The number of allylic oxidation sites excluding steroid dienone is 3. The minimum absolute atomic E-state index is 0.140. The van der Waals surface area contributed by atoms with E-state index in [0.29, 0.717) is 5.92 Å².